The van der Waals surface area contributed by atoms with Crippen LogP contribution in [0.2, 0.25) is 0 Å². The van der Waals surface area contributed by atoms with Crippen LogP contribution in [0.15, 0.2) is 66.7 Å². The maximum absolute atomic E-state index is 13.0. The highest BCUT2D eigenvalue weighted by Crippen LogP contribution is 2.25. The molecular formula is C25H29FN4O4. The molecule has 2 aromatic carbocycles. The molecule has 180 valence electrons. The average molecular weight is 469 g/mol. The van der Waals surface area contributed by atoms with Crippen LogP contribution in [0.25, 0.3) is 11.3 Å². The number of aromatic nitrogens is 1. The van der Waals surface area contributed by atoms with E-state index in [0.717, 1.165) is 12.7 Å². The summed E-state index contributed by atoms with van der Waals surface area (Å²) >= 11 is 0. The van der Waals surface area contributed by atoms with E-state index in [-0.39, 0.29) is 18.3 Å². The summed E-state index contributed by atoms with van der Waals surface area (Å²) in [6.45, 7) is 5.37. The standard InChI is InChI=1S/C24H25FN4O3.CH4O/c1-24(2,3)29-23(31)26-15-22(30)28-21-6-4-5-20(27-21)16-7-11-18(12-8-16)32-19-13-9-17(25)10-14-19;1-2/h4-14H,15H2,1-3H3,(H2,26,29,31)(H,27,28,30);2H,1H3. The van der Waals surface area contributed by atoms with Crippen LogP contribution in [0.3, 0.4) is 0 Å². The van der Waals surface area contributed by atoms with E-state index in [4.69, 9.17) is 9.84 Å². The lowest BCUT2D eigenvalue weighted by atomic mass is 10.1. The third kappa shape index (κ3) is 8.87. The fourth-order valence-corrected chi connectivity index (χ4v) is 2.73. The first-order chi connectivity index (χ1) is 16.2. The number of amides is 3. The molecule has 9 heteroatoms. The number of nitrogens with zero attached hydrogens (tertiary/aromatic N) is 1. The summed E-state index contributed by atoms with van der Waals surface area (Å²) in [4.78, 5) is 28.4. The number of urea groups is 1. The molecule has 34 heavy (non-hydrogen) atoms. The first-order valence-electron chi connectivity index (χ1n) is 10.5. The van der Waals surface area contributed by atoms with Gasteiger partial charge >= 0.3 is 6.03 Å². The zero-order valence-electron chi connectivity index (χ0n) is 19.6. The van der Waals surface area contributed by atoms with Gasteiger partial charge in [0.05, 0.1) is 12.2 Å². The number of pyridine rings is 1. The minimum atomic E-state index is -0.419. The number of carbonyl (C=O) groups excluding carboxylic acids is 2. The van der Waals surface area contributed by atoms with Crippen molar-refractivity contribution in [1.29, 1.82) is 0 Å². The number of rotatable bonds is 6. The Morgan fingerprint density at radius 1 is 0.941 bits per heavy atom. The smallest absolute Gasteiger partial charge is 0.315 e. The molecule has 3 rings (SSSR count). The molecule has 0 unspecified atom stereocenters. The van der Waals surface area contributed by atoms with Crippen LogP contribution < -0.4 is 20.7 Å². The Morgan fingerprint density at radius 2 is 1.53 bits per heavy atom. The SMILES string of the molecule is CC(C)(C)NC(=O)NCC(=O)Nc1cccc(-c2ccc(Oc3ccc(F)cc3)cc2)n1.CO. The van der Waals surface area contributed by atoms with Crippen LogP contribution in [-0.2, 0) is 4.79 Å². The molecule has 3 amide bonds. The Morgan fingerprint density at radius 3 is 2.12 bits per heavy atom. The topological polar surface area (TPSA) is 113 Å². The van der Waals surface area contributed by atoms with Gasteiger partial charge in [0.2, 0.25) is 5.91 Å². The zero-order chi connectivity index (χ0) is 25.1. The summed E-state index contributed by atoms with van der Waals surface area (Å²) < 4.78 is 18.7. The lowest BCUT2D eigenvalue weighted by molar-refractivity contribution is -0.115. The van der Waals surface area contributed by atoms with E-state index < -0.39 is 11.6 Å². The van der Waals surface area contributed by atoms with Gasteiger partial charge in [-0.05, 0) is 81.4 Å². The largest absolute Gasteiger partial charge is 0.457 e. The van der Waals surface area contributed by atoms with E-state index in [0.29, 0.717) is 23.0 Å². The Balaban J connectivity index is 0.00000199. The number of carbonyl (C=O) groups is 2. The first kappa shape index (κ1) is 26.3. The Labute approximate surface area is 198 Å². The lowest BCUT2D eigenvalue weighted by Crippen LogP contribution is -2.48. The molecule has 0 fully saturated rings. The van der Waals surface area contributed by atoms with Gasteiger partial charge in [0.1, 0.15) is 23.1 Å². The van der Waals surface area contributed by atoms with Crippen LogP contribution in [0.1, 0.15) is 20.8 Å². The van der Waals surface area contributed by atoms with E-state index >= 15 is 0 Å². The molecule has 0 aliphatic rings. The van der Waals surface area contributed by atoms with Crippen molar-refractivity contribution >= 4 is 17.8 Å². The number of benzene rings is 2. The van der Waals surface area contributed by atoms with E-state index in [1.165, 1.54) is 12.1 Å². The molecule has 8 nitrogen and oxygen atoms in total. The van der Waals surface area contributed by atoms with Gasteiger partial charge < -0.3 is 25.8 Å². The van der Waals surface area contributed by atoms with Crippen molar-refractivity contribution in [2.24, 2.45) is 0 Å². The number of aliphatic hydroxyl groups excluding tert-OH is 1. The molecule has 0 saturated carbocycles. The average Bonchev–Trinajstić information content (AvgIpc) is 2.80. The molecule has 1 aromatic heterocycles. The second-order valence-corrected chi connectivity index (χ2v) is 8.09. The maximum Gasteiger partial charge on any atom is 0.315 e. The third-order valence-electron chi connectivity index (χ3n) is 4.11. The molecule has 0 spiro atoms. The number of nitrogens with one attached hydrogen (secondary N) is 3. The predicted octanol–water partition coefficient (Wildman–Crippen LogP) is 4.32. The third-order valence-corrected chi connectivity index (χ3v) is 4.11. The molecule has 0 atom stereocenters. The second kappa shape index (κ2) is 12.3. The van der Waals surface area contributed by atoms with Crippen LogP contribution in [0.5, 0.6) is 11.5 Å². The summed E-state index contributed by atoms with van der Waals surface area (Å²) in [6, 6.07) is 17.9. The number of anilines is 1. The summed E-state index contributed by atoms with van der Waals surface area (Å²) in [5, 5.41) is 14.9. The monoisotopic (exact) mass is 468 g/mol. The van der Waals surface area contributed by atoms with Gasteiger partial charge in [0, 0.05) is 18.2 Å². The predicted molar refractivity (Wildman–Crippen MR) is 129 cm³/mol. The number of hydrogen-bond donors (Lipinski definition) is 4. The van der Waals surface area contributed by atoms with Crippen molar-refractivity contribution < 1.29 is 23.8 Å². The molecule has 3 aromatic rings. The number of halogens is 1. The number of aliphatic hydroxyl groups is 1. The van der Waals surface area contributed by atoms with Crippen molar-refractivity contribution in [3.8, 4) is 22.8 Å². The van der Waals surface area contributed by atoms with E-state index in [2.05, 4.69) is 20.9 Å². The number of ether oxygens (including phenoxy) is 1. The van der Waals surface area contributed by atoms with Crippen molar-refractivity contribution in [3.63, 3.8) is 0 Å². The van der Waals surface area contributed by atoms with Gasteiger partial charge in [0.25, 0.3) is 0 Å². The summed E-state index contributed by atoms with van der Waals surface area (Å²) in [5.74, 6) is 0.796. The van der Waals surface area contributed by atoms with Crippen LogP contribution in [-0.4, -0.2) is 41.2 Å². The van der Waals surface area contributed by atoms with E-state index in [9.17, 15) is 14.0 Å². The quantitative estimate of drug-likeness (QED) is 0.430. The molecule has 4 N–H and O–H groups in total. The fourth-order valence-electron chi connectivity index (χ4n) is 2.73. The van der Waals surface area contributed by atoms with Gasteiger partial charge in [-0.3, -0.25) is 4.79 Å². The summed E-state index contributed by atoms with van der Waals surface area (Å²) in [5.41, 5.74) is 1.10. The van der Waals surface area contributed by atoms with Crippen molar-refractivity contribution in [1.82, 2.24) is 15.6 Å². The molecule has 0 aliphatic heterocycles. The minimum absolute atomic E-state index is 0.177. The highest BCUT2D eigenvalue weighted by molar-refractivity contribution is 5.93. The summed E-state index contributed by atoms with van der Waals surface area (Å²) in [6.07, 6.45) is 0. The Kier molecular flexibility index (Phi) is 9.51. The highest BCUT2D eigenvalue weighted by atomic mass is 19.1. The first-order valence-corrected chi connectivity index (χ1v) is 10.5. The van der Waals surface area contributed by atoms with Gasteiger partial charge in [-0.1, -0.05) is 6.07 Å². The van der Waals surface area contributed by atoms with E-state index in [1.807, 2.05) is 39.0 Å². The molecule has 0 aliphatic carbocycles. The fraction of sp³-hybridized carbons (Fsp3) is 0.240. The Hall–Kier alpha value is -3.98. The van der Waals surface area contributed by atoms with Crippen LogP contribution in [0.4, 0.5) is 15.0 Å². The number of hydrogen-bond acceptors (Lipinski definition) is 5. The molecule has 0 bridgehead atoms. The molecule has 1 heterocycles. The highest BCUT2D eigenvalue weighted by Gasteiger charge is 2.14. The molecular weight excluding hydrogens is 439 g/mol. The van der Waals surface area contributed by atoms with E-state index in [1.54, 1.807) is 36.4 Å². The second-order valence-electron chi connectivity index (χ2n) is 8.09. The van der Waals surface area contributed by atoms with Crippen LogP contribution >= 0.6 is 0 Å². The normalized spacial score (nSPS) is 10.4. The van der Waals surface area contributed by atoms with Crippen molar-refractivity contribution in [3.05, 3.63) is 72.5 Å². The van der Waals surface area contributed by atoms with Crippen molar-refractivity contribution in [2.45, 2.75) is 26.3 Å². The maximum atomic E-state index is 13.0. The summed E-state index contributed by atoms with van der Waals surface area (Å²) in [7, 11) is 1.00. The van der Waals surface area contributed by atoms with Gasteiger partial charge in [0.15, 0.2) is 0 Å². The minimum Gasteiger partial charge on any atom is -0.457 e. The van der Waals surface area contributed by atoms with Gasteiger partial charge in [-0.15, -0.1) is 0 Å². The zero-order valence-corrected chi connectivity index (χ0v) is 19.6. The van der Waals surface area contributed by atoms with Gasteiger partial charge in [-0.2, -0.15) is 0 Å². The molecule has 0 radical (unpaired) electrons. The van der Waals surface area contributed by atoms with Crippen LogP contribution in [0, 0.1) is 5.82 Å². The Bertz CT molecular complexity index is 1080. The van der Waals surface area contributed by atoms with Gasteiger partial charge in [-0.25, -0.2) is 14.2 Å². The molecule has 0 saturated heterocycles. The lowest BCUT2D eigenvalue weighted by Gasteiger charge is -2.20. The van der Waals surface area contributed by atoms with Crippen molar-refractivity contribution in [2.75, 3.05) is 19.0 Å².